The van der Waals surface area contributed by atoms with Gasteiger partial charge < -0.3 is 20.1 Å². The Morgan fingerprint density at radius 2 is 2.20 bits per heavy atom. The van der Waals surface area contributed by atoms with E-state index in [0.29, 0.717) is 11.4 Å². The first-order valence-corrected chi connectivity index (χ1v) is 6.58. The van der Waals surface area contributed by atoms with Crippen molar-refractivity contribution in [1.82, 2.24) is 4.90 Å². The lowest BCUT2D eigenvalue weighted by Crippen LogP contribution is -2.32. The van der Waals surface area contributed by atoms with E-state index in [2.05, 4.69) is 17.2 Å². The lowest BCUT2D eigenvalue weighted by atomic mass is 10.2. The topological polar surface area (TPSA) is 61.8 Å². The number of likely N-dealkylation sites (tertiary alicyclic amines) is 1. The zero-order valence-corrected chi connectivity index (χ0v) is 11.5. The van der Waals surface area contributed by atoms with Gasteiger partial charge in [-0.1, -0.05) is 11.8 Å². The standard InChI is InChI=1S/C15H18N2O3/c1-20-14-7-6-12(5-4-10-18)11-13(14)16-15(19)17-8-2-3-9-17/h6-7,11,18H,2-3,8-10H2,1H3,(H,16,19). The molecule has 1 heterocycles. The Bertz CT molecular complexity index is 540. The molecule has 2 rings (SSSR count). The third-order valence-electron chi connectivity index (χ3n) is 3.15. The number of aliphatic hydroxyl groups is 1. The number of nitrogens with one attached hydrogen (secondary N) is 1. The van der Waals surface area contributed by atoms with Gasteiger partial charge in [0.15, 0.2) is 0 Å². The second kappa shape index (κ2) is 6.83. The van der Waals surface area contributed by atoms with Gasteiger partial charge in [0.1, 0.15) is 12.4 Å². The second-order valence-electron chi connectivity index (χ2n) is 4.50. The number of methoxy groups -OCH3 is 1. The van der Waals surface area contributed by atoms with Crippen molar-refractivity contribution in [2.45, 2.75) is 12.8 Å². The molecule has 0 aliphatic carbocycles. The normalized spacial score (nSPS) is 13.6. The summed E-state index contributed by atoms with van der Waals surface area (Å²) >= 11 is 0. The van der Waals surface area contributed by atoms with Gasteiger partial charge in [0.25, 0.3) is 0 Å². The van der Waals surface area contributed by atoms with Crippen LogP contribution in [0.1, 0.15) is 18.4 Å². The molecule has 0 spiro atoms. The van der Waals surface area contributed by atoms with Crippen LogP contribution in [-0.4, -0.2) is 42.8 Å². The van der Waals surface area contributed by atoms with Crippen LogP contribution in [0.3, 0.4) is 0 Å². The number of benzene rings is 1. The summed E-state index contributed by atoms with van der Waals surface area (Å²) < 4.78 is 5.24. The molecule has 1 aliphatic rings. The van der Waals surface area contributed by atoms with Crippen molar-refractivity contribution in [1.29, 1.82) is 0 Å². The number of aliphatic hydroxyl groups excluding tert-OH is 1. The number of urea groups is 1. The van der Waals surface area contributed by atoms with E-state index in [1.54, 1.807) is 30.2 Å². The summed E-state index contributed by atoms with van der Waals surface area (Å²) in [6.45, 7) is 1.39. The minimum Gasteiger partial charge on any atom is -0.495 e. The zero-order valence-electron chi connectivity index (χ0n) is 11.5. The predicted octanol–water partition coefficient (Wildman–Crippen LogP) is 1.67. The third kappa shape index (κ3) is 3.43. The maximum Gasteiger partial charge on any atom is 0.321 e. The van der Waals surface area contributed by atoms with E-state index < -0.39 is 0 Å². The van der Waals surface area contributed by atoms with Gasteiger partial charge in [-0.2, -0.15) is 0 Å². The minimum absolute atomic E-state index is 0.118. The summed E-state index contributed by atoms with van der Waals surface area (Å²) in [5.74, 6) is 5.98. The van der Waals surface area contributed by atoms with E-state index in [4.69, 9.17) is 9.84 Å². The Kier molecular flexibility index (Phi) is 4.85. The van der Waals surface area contributed by atoms with Gasteiger partial charge in [-0.3, -0.25) is 0 Å². The van der Waals surface area contributed by atoms with E-state index in [-0.39, 0.29) is 12.6 Å². The molecule has 5 heteroatoms. The van der Waals surface area contributed by atoms with E-state index in [0.717, 1.165) is 31.5 Å². The minimum atomic E-state index is -0.193. The fraction of sp³-hybridized carbons (Fsp3) is 0.400. The van der Waals surface area contributed by atoms with E-state index in [1.807, 2.05) is 0 Å². The van der Waals surface area contributed by atoms with Gasteiger partial charge in [0, 0.05) is 18.7 Å². The van der Waals surface area contributed by atoms with Crippen molar-refractivity contribution in [2.75, 3.05) is 32.1 Å². The molecule has 0 unspecified atom stereocenters. The summed E-state index contributed by atoms with van der Waals surface area (Å²) in [6.07, 6.45) is 2.10. The fourth-order valence-corrected chi connectivity index (χ4v) is 2.14. The highest BCUT2D eigenvalue weighted by Crippen LogP contribution is 2.26. The molecule has 2 amide bonds. The summed E-state index contributed by atoms with van der Waals surface area (Å²) in [5, 5.41) is 11.6. The highest BCUT2D eigenvalue weighted by molar-refractivity contribution is 5.91. The average Bonchev–Trinajstić information content (AvgIpc) is 2.99. The summed E-state index contributed by atoms with van der Waals surface area (Å²) in [5.41, 5.74) is 1.31. The van der Waals surface area contributed by atoms with E-state index in [9.17, 15) is 4.79 Å². The van der Waals surface area contributed by atoms with Crippen LogP contribution >= 0.6 is 0 Å². The second-order valence-corrected chi connectivity index (χ2v) is 4.50. The first-order chi connectivity index (χ1) is 9.74. The molecule has 0 saturated carbocycles. The van der Waals surface area contributed by atoms with Crippen molar-refractivity contribution in [3.05, 3.63) is 23.8 Å². The van der Waals surface area contributed by atoms with Crippen LogP contribution in [0.2, 0.25) is 0 Å². The molecule has 1 aromatic rings. The first kappa shape index (κ1) is 14.2. The Balaban J connectivity index is 2.17. The molecule has 5 nitrogen and oxygen atoms in total. The number of carbonyl (C=O) groups excluding carboxylic acids is 1. The van der Waals surface area contributed by atoms with Crippen LogP contribution in [0, 0.1) is 11.8 Å². The van der Waals surface area contributed by atoms with E-state index >= 15 is 0 Å². The number of anilines is 1. The van der Waals surface area contributed by atoms with Crippen LogP contribution in [0.5, 0.6) is 5.75 Å². The van der Waals surface area contributed by atoms with Crippen molar-refractivity contribution in [3.8, 4) is 17.6 Å². The smallest absolute Gasteiger partial charge is 0.321 e. The summed E-state index contributed by atoms with van der Waals surface area (Å²) in [6, 6.07) is 5.16. The molecule has 106 valence electrons. The molecule has 1 fully saturated rings. The maximum atomic E-state index is 12.1. The van der Waals surface area contributed by atoms with Crippen LogP contribution in [0.15, 0.2) is 18.2 Å². The largest absolute Gasteiger partial charge is 0.495 e. The molecule has 0 bridgehead atoms. The maximum absolute atomic E-state index is 12.1. The van der Waals surface area contributed by atoms with Gasteiger partial charge >= 0.3 is 6.03 Å². The Labute approximate surface area is 118 Å². The van der Waals surface area contributed by atoms with Gasteiger partial charge in [0.05, 0.1) is 12.8 Å². The van der Waals surface area contributed by atoms with Gasteiger partial charge in [-0.15, -0.1) is 0 Å². The molecule has 0 atom stereocenters. The van der Waals surface area contributed by atoms with Crippen LogP contribution in [0.25, 0.3) is 0 Å². The number of hydrogen-bond acceptors (Lipinski definition) is 3. The quantitative estimate of drug-likeness (QED) is 0.806. The van der Waals surface area contributed by atoms with Gasteiger partial charge in [-0.25, -0.2) is 4.79 Å². The average molecular weight is 274 g/mol. The number of nitrogens with zero attached hydrogens (tertiary/aromatic N) is 1. The molecule has 1 aromatic carbocycles. The number of ether oxygens (including phenoxy) is 1. The molecule has 1 saturated heterocycles. The van der Waals surface area contributed by atoms with Crippen LogP contribution in [-0.2, 0) is 0 Å². The number of hydrogen-bond donors (Lipinski definition) is 2. The summed E-state index contributed by atoms with van der Waals surface area (Å²) in [7, 11) is 1.56. The van der Waals surface area contributed by atoms with Crippen molar-refractivity contribution in [2.24, 2.45) is 0 Å². The Morgan fingerprint density at radius 1 is 1.45 bits per heavy atom. The number of rotatable bonds is 2. The van der Waals surface area contributed by atoms with Gasteiger partial charge in [-0.05, 0) is 31.0 Å². The predicted molar refractivity (Wildman–Crippen MR) is 76.8 cm³/mol. The molecular formula is C15H18N2O3. The lowest BCUT2D eigenvalue weighted by Gasteiger charge is -2.17. The highest BCUT2D eigenvalue weighted by atomic mass is 16.5. The molecule has 1 aliphatic heterocycles. The van der Waals surface area contributed by atoms with Crippen molar-refractivity contribution < 1.29 is 14.6 Å². The third-order valence-corrected chi connectivity index (χ3v) is 3.15. The zero-order chi connectivity index (χ0) is 14.4. The van der Waals surface area contributed by atoms with Crippen molar-refractivity contribution in [3.63, 3.8) is 0 Å². The first-order valence-electron chi connectivity index (χ1n) is 6.58. The monoisotopic (exact) mass is 274 g/mol. The molecule has 2 N–H and O–H groups in total. The molecular weight excluding hydrogens is 256 g/mol. The summed E-state index contributed by atoms with van der Waals surface area (Å²) in [4.78, 5) is 13.9. The Hall–Kier alpha value is -2.19. The SMILES string of the molecule is COc1ccc(C#CCO)cc1NC(=O)N1CCCC1. The highest BCUT2D eigenvalue weighted by Gasteiger charge is 2.19. The molecule has 20 heavy (non-hydrogen) atoms. The molecule has 0 aromatic heterocycles. The van der Waals surface area contributed by atoms with Gasteiger partial charge in [0.2, 0.25) is 0 Å². The fourth-order valence-electron chi connectivity index (χ4n) is 2.14. The number of carbonyl (C=O) groups is 1. The van der Waals surface area contributed by atoms with Crippen LogP contribution in [0.4, 0.5) is 10.5 Å². The van der Waals surface area contributed by atoms with Crippen LogP contribution < -0.4 is 10.1 Å². The number of amides is 2. The molecule has 0 radical (unpaired) electrons. The van der Waals surface area contributed by atoms with E-state index in [1.165, 1.54) is 0 Å². The van der Waals surface area contributed by atoms with Crippen molar-refractivity contribution >= 4 is 11.7 Å². The lowest BCUT2D eigenvalue weighted by molar-refractivity contribution is 0.222. The Morgan fingerprint density at radius 3 is 2.85 bits per heavy atom.